The highest BCUT2D eigenvalue weighted by Gasteiger charge is 2.20. The summed E-state index contributed by atoms with van der Waals surface area (Å²) in [4.78, 5) is 24.0. The Hall–Kier alpha value is -3.41. The van der Waals surface area contributed by atoms with Crippen molar-refractivity contribution in [2.75, 3.05) is 5.32 Å². The zero-order valence-electron chi connectivity index (χ0n) is 12.6. The van der Waals surface area contributed by atoms with E-state index in [0.717, 1.165) is 11.1 Å². The van der Waals surface area contributed by atoms with Crippen molar-refractivity contribution in [3.8, 4) is 11.3 Å². The molecule has 2 amide bonds. The fourth-order valence-corrected chi connectivity index (χ4v) is 2.61. The topological polar surface area (TPSA) is 84.2 Å². The average Bonchev–Trinajstić information content (AvgIpc) is 3.24. The first-order valence-corrected chi connectivity index (χ1v) is 7.45. The Morgan fingerprint density at radius 2 is 1.96 bits per heavy atom. The van der Waals surface area contributed by atoms with Gasteiger partial charge in [-0.1, -0.05) is 41.6 Å². The van der Waals surface area contributed by atoms with E-state index in [2.05, 4.69) is 15.8 Å². The monoisotopic (exact) mass is 319 g/mol. The van der Waals surface area contributed by atoms with E-state index in [-0.39, 0.29) is 17.5 Å². The summed E-state index contributed by atoms with van der Waals surface area (Å²) in [7, 11) is 0. The van der Waals surface area contributed by atoms with E-state index in [1.807, 2.05) is 36.4 Å². The molecule has 1 aliphatic heterocycles. The second-order valence-corrected chi connectivity index (χ2v) is 5.45. The van der Waals surface area contributed by atoms with Gasteiger partial charge in [0.25, 0.3) is 11.8 Å². The summed E-state index contributed by atoms with van der Waals surface area (Å²) in [5, 5.41) is 9.28. The zero-order valence-corrected chi connectivity index (χ0v) is 12.6. The molecule has 24 heavy (non-hydrogen) atoms. The molecule has 0 fully saturated rings. The average molecular weight is 319 g/mol. The Morgan fingerprint density at radius 1 is 1.12 bits per heavy atom. The van der Waals surface area contributed by atoms with E-state index in [4.69, 9.17) is 4.52 Å². The summed E-state index contributed by atoms with van der Waals surface area (Å²) < 4.78 is 5.23. The molecule has 1 aliphatic rings. The van der Waals surface area contributed by atoms with Gasteiger partial charge in [0.05, 0.1) is 0 Å². The highest BCUT2D eigenvalue weighted by atomic mass is 16.5. The lowest BCUT2D eigenvalue weighted by Crippen LogP contribution is -2.14. The van der Waals surface area contributed by atoms with Crippen LogP contribution in [-0.4, -0.2) is 17.0 Å². The van der Waals surface area contributed by atoms with Gasteiger partial charge < -0.3 is 15.2 Å². The molecular formula is C18H13N3O3. The largest absolute Gasteiger partial charge is 0.355 e. The normalized spacial score (nSPS) is 12.6. The zero-order chi connectivity index (χ0) is 16.5. The quantitative estimate of drug-likeness (QED) is 0.777. The fraction of sp³-hybridized carbons (Fsp3) is 0.0556. The maximum Gasteiger partial charge on any atom is 0.277 e. The number of hydrogen-bond acceptors (Lipinski definition) is 4. The van der Waals surface area contributed by atoms with Crippen molar-refractivity contribution in [1.82, 2.24) is 10.5 Å². The second-order valence-electron chi connectivity index (χ2n) is 5.45. The smallest absolute Gasteiger partial charge is 0.277 e. The fourth-order valence-electron chi connectivity index (χ4n) is 2.61. The number of anilines is 1. The van der Waals surface area contributed by atoms with E-state index in [9.17, 15) is 9.59 Å². The maximum absolute atomic E-state index is 12.3. The number of aromatic nitrogens is 1. The number of amides is 2. The van der Waals surface area contributed by atoms with Crippen molar-refractivity contribution in [1.29, 1.82) is 0 Å². The number of fused-ring (bicyclic) bond motifs is 1. The molecule has 2 N–H and O–H groups in total. The van der Waals surface area contributed by atoms with Gasteiger partial charge in [0.2, 0.25) is 0 Å². The molecule has 0 aliphatic carbocycles. The van der Waals surface area contributed by atoms with Crippen LogP contribution < -0.4 is 10.6 Å². The van der Waals surface area contributed by atoms with Gasteiger partial charge >= 0.3 is 0 Å². The molecule has 1 aromatic heterocycles. The van der Waals surface area contributed by atoms with Crippen LogP contribution in [-0.2, 0) is 6.54 Å². The summed E-state index contributed by atoms with van der Waals surface area (Å²) in [5.74, 6) is 0.00210. The Kier molecular flexibility index (Phi) is 3.35. The molecule has 118 valence electrons. The minimum absolute atomic E-state index is 0.131. The number of nitrogens with zero attached hydrogens (tertiary/aromatic N) is 1. The molecule has 2 aromatic carbocycles. The van der Waals surface area contributed by atoms with Gasteiger partial charge in [0.15, 0.2) is 11.5 Å². The Morgan fingerprint density at radius 3 is 2.79 bits per heavy atom. The van der Waals surface area contributed by atoms with Crippen molar-refractivity contribution in [2.24, 2.45) is 0 Å². The number of carbonyl (C=O) groups is 2. The highest BCUT2D eigenvalue weighted by molar-refractivity contribution is 6.05. The Bertz CT molecular complexity index is 932. The van der Waals surface area contributed by atoms with Gasteiger partial charge in [-0.3, -0.25) is 9.59 Å². The van der Waals surface area contributed by atoms with E-state index >= 15 is 0 Å². The molecule has 0 saturated carbocycles. The van der Waals surface area contributed by atoms with Crippen LogP contribution in [0.3, 0.4) is 0 Å². The van der Waals surface area contributed by atoms with Crippen LogP contribution in [0.2, 0.25) is 0 Å². The molecule has 6 heteroatoms. The Balaban J connectivity index is 1.54. The van der Waals surface area contributed by atoms with Crippen molar-refractivity contribution < 1.29 is 14.1 Å². The van der Waals surface area contributed by atoms with Gasteiger partial charge in [-0.15, -0.1) is 0 Å². The molecular weight excluding hydrogens is 306 g/mol. The third-order valence-corrected chi connectivity index (χ3v) is 3.85. The van der Waals surface area contributed by atoms with Crippen LogP contribution in [0, 0.1) is 0 Å². The van der Waals surface area contributed by atoms with Crippen molar-refractivity contribution >= 4 is 17.5 Å². The maximum atomic E-state index is 12.3. The minimum atomic E-state index is -0.390. The summed E-state index contributed by atoms with van der Waals surface area (Å²) in [6, 6.07) is 16.2. The summed E-state index contributed by atoms with van der Waals surface area (Å²) in [5.41, 5.74) is 3.07. The van der Waals surface area contributed by atoms with Crippen LogP contribution in [0.1, 0.15) is 26.4 Å². The van der Waals surface area contributed by atoms with Crippen molar-refractivity contribution in [3.63, 3.8) is 0 Å². The molecule has 0 atom stereocenters. The molecule has 0 radical (unpaired) electrons. The van der Waals surface area contributed by atoms with E-state index in [1.165, 1.54) is 0 Å². The summed E-state index contributed by atoms with van der Waals surface area (Å²) >= 11 is 0. The first-order chi connectivity index (χ1) is 11.7. The summed E-state index contributed by atoms with van der Waals surface area (Å²) in [6.07, 6.45) is 0. The van der Waals surface area contributed by atoms with E-state index in [0.29, 0.717) is 23.6 Å². The first kappa shape index (κ1) is 14.2. The highest BCUT2D eigenvalue weighted by Crippen LogP contribution is 2.22. The lowest BCUT2D eigenvalue weighted by atomic mass is 10.1. The molecule has 0 saturated heterocycles. The van der Waals surface area contributed by atoms with E-state index in [1.54, 1.807) is 18.2 Å². The number of hydrogen-bond donors (Lipinski definition) is 2. The van der Waals surface area contributed by atoms with Gasteiger partial charge in [-0.2, -0.15) is 0 Å². The number of benzene rings is 2. The first-order valence-electron chi connectivity index (χ1n) is 7.45. The standard InChI is InChI=1S/C18H13N3O3/c22-17-14-8-13(7-6-12(14)10-19-17)20-18(23)15-9-16(24-21-15)11-4-2-1-3-5-11/h1-9H,10H2,(H,19,22)(H,20,23). The van der Waals surface area contributed by atoms with Crippen LogP contribution in [0.5, 0.6) is 0 Å². The molecule has 0 spiro atoms. The third-order valence-electron chi connectivity index (χ3n) is 3.85. The number of rotatable bonds is 3. The van der Waals surface area contributed by atoms with Gasteiger partial charge in [0.1, 0.15) is 0 Å². The van der Waals surface area contributed by atoms with E-state index < -0.39 is 0 Å². The van der Waals surface area contributed by atoms with Gasteiger partial charge in [0, 0.05) is 29.4 Å². The number of carbonyl (C=O) groups excluding carboxylic acids is 2. The molecule has 3 aromatic rings. The van der Waals surface area contributed by atoms with Crippen LogP contribution >= 0.6 is 0 Å². The predicted molar refractivity (Wildman–Crippen MR) is 87.5 cm³/mol. The van der Waals surface area contributed by atoms with Crippen LogP contribution in [0.15, 0.2) is 59.1 Å². The van der Waals surface area contributed by atoms with Crippen molar-refractivity contribution in [3.05, 3.63) is 71.4 Å². The van der Waals surface area contributed by atoms with Gasteiger partial charge in [-0.25, -0.2) is 0 Å². The lowest BCUT2D eigenvalue weighted by molar-refractivity contribution is 0.0963. The SMILES string of the molecule is O=C(Nc1ccc2c(c1)C(=O)NC2)c1cc(-c2ccccc2)on1. The molecule has 4 rings (SSSR count). The minimum Gasteiger partial charge on any atom is -0.355 e. The van der Waals surface area contributed by atoms with Gasteiger partial charge in [-0.05, 0) is 17.7 Å². The molecule has 6 nitrogen and oxygen atoms in total. The molecule has 2 heterocycles. The summed E-state index contributed by atoms with van der Waals surface area (Å²) in [6.45, 7) is 0.520. The lowest BCUT2D eigenvalue weighted by Gasteiger charge is -2.04. The van der Waals surface area contributed by atoms with Crippen LogP contribution in [0.4, 0.5) is 5.69 Å². The second kappa shape index (κ2) is 5.66. The third kappa shape index (κ3) is 2.54. The molecule has 0 bridgehead atoms. The predicted octanol–water partition coefficient (Wildman–Crippen LogP) is 2.84. The van der Waals surface area contributed by atoms with Crippen molar-refractivity contribution in [2.45, 2.75) is 6.54 Å². The number of nitrogens with one attached hydrogen (secondary N) is 2. The van der Waals surface area contributed by atoms with Crippen LogP contribution in [0.25, 0.3) is 11.3 Å². The molecule has 0 unspecified atom stereocenters. The Labute approximate surface area is 137 Å².